The fourth-order valence-electron chi connectivity index (χ4n) is 1.24. The van der Waals surface area contributed by atoms with Crippen molar-refractivity contribution in [3.05, 3.63) is 32.5 Å². The molecule has 0 aliphatic carbocycles. The number of carbonyl (C=O) groups excluding carboxylic acids is 1. The van der Waals surface area contributed by atoms with E-state index in [0.717, 1.165) is 0 Å². The normalized spacial score (nSPS) is 10.5. The average Bonchev–Trinajstić information content (AvgIpc) is 2.27. The van der Waals surface area contributed by atoms with Gasteiger partial charge in [0.05, 0.1) is 6.61 Å². The lowest BCUT2D eigenvalue weighted by atomic mass is 10.1. The highest BCUT2D eigenvalue weighted by Gasteiger charge is 2.32. The molecule has 0 unspecified atom stereocenters. The first-order valence-electron chi connectivity index (χ1n) is 4.68. The van der Waals surface area contributed by atoms with Gasteiger partial charge in [-0.3, -0.25) is 0 Å². The number of nitrogens with zero attached hydrogens (tertiary/aromatic N) is 2. The second kappa shape index (κ2) is 5.67. The van der Waals surface area contributed by atoms with Gasteiger partial charge in [-0.2, -0.15) is 0 Å². The Labute approximate surface area is 105 Å². The molecule has 0 spiro atoms. The Morgan fingerprint density at radius 1 is 1.67 bits per heavy atom. The molecule has 1 aromatic rings. The van der Waals surface area contributed by atoms with Crippen molar-refractivity contribution in [3.8, 4) is 0 Å². The van der Waals surface area contributed by atoms with Crippen molar-refractivity contribution in [3.63, 3.8) is 0 Å². The van der Waals surface area contributed by atoms with Gasteiger partial charge in [0, 0.05) is 11.6 Å². The van der Waals surface area contributed by atoms with Gasteiger partial charge in [0.1, 0.15) is 0 Å². The fourth-order valence-corrected chi connectivity index (χ4v) is 1.43. The first-order chi connectivity index (χ1) is 8.38. The van der Waals surface area contributed by atoms with Crippen molar-refractivity contribution in [1.82, 2.24) is 4.98 Å². The molecule has 0 radical (unpaired) electrons. The van der Waals surface area contributed by atoms with Gasteiger partial charge >= 0.3 is 11.8 Å². The van der Waals surface area contributed by atoms with Gasteiger partial charge in [-0.1, -0.05) is 0 Å². The molecule has 0 aliphatic rings. The number of alkyl halides is 2. The summed E-state index contributed by atoms with van der Waals surface area (Å²) < 4.78 is 30.0. The van der Waals surface area contributed by atoms with Crippen LogP contribution in [0.3, 0.4) is 0 Å². The van der Waals surface area contributed by atoms with Crippen LogP contribution in [-0.4, -0.2) is 22.5 Å². The summed E-state index contributed by atoms with van der Waals surface area (Å²) in [5, 5.41) is 10.2. The number of carbonyl (C=O) groups is 1. The topological polar surface area (TPSA) is 82.3 Å². The number of hydrogen-bond donors (Lipinski definition) is 0. The van der Waals surface area contributed by atoms with Crippen LogP contribution in [0.2, 0.25) is 5.15 Å². The molecular formula is C9H7ClF2N2O4. The van der Waals surface area contributed by atoms with E-state index in [2.05, 4.69) is 9.72 Å². The standard InChI is InChI=1S/C9H7ClF2N2O4/c1-2-18-9(15)6-4(7(11)12)3-5(10)13-8(6)14(16)17/h3,7H,2H2,1H3. The summed E-state index contributed by atoms with van der Waals surface area (Å²) >= 11 is 5.39. The van der Waals surface area contributed by atoms with E-state index in [9.17, 15) is 23.7 Å². The molecule has 0 amide bonds. The number of halogens is 3. The van der Waals surface area contributed by atoms with Crippen LogP contribution < -0.4 is 0 Å². The molecule has 0 aromatic carbocycles. The molecule has 1 heterocycles. The van der Waals surface area contributed by atoms with E-state index < -0.39 is 39.4 Å². The van der Waals surface area contributed by atoms with E-state index in [4.69, 9.17) is 11.6 Å². The van der Waals surface area contributed by atoms with Crippen molar-refractivity contribution < 1.29 is 23.2 Å². The molecule has 98 valence electrons. The molecule has 1 rings (SSSR count). The molecule has 0 N–H and O–H groups in total. The van der Waals surface area contributed by atoms with Gasteiger partial charge in [0.15, 0.2) is 5.56 Å². The van der Waals surface area contributed by atoms with Crippen LogP contribution in [0.25, 0.3) is 0 Å². The highest BCUT2D eigenvalue weighted by Crippen LogP contribution is 2.31. The van der Waals surface area contributed by atoms with E-state index in [1.807, 2.05) is 0 Å². The Hall–Kier alpha value is -1.83. The van der Waals surface area contributed by atoms with Gasteiger partial charge in [0.25, 0.3) is 6.43 Å². The van der Waals surface area contributed by atoms with Gasteiger partial charge in [-0.15, -0.1) is 0 Å². The van der Waals surface area contributed by atoms with E-state index in [1.165, 1.54) is 6.92 Å². The Balaban J connectivity index is 3.50. The smallest absolute Gasteiger partial charge is 0.380 e. The fraction of sp³-hybridized carbons (Fsp3) is 0.333. The molecule has 0 aliphatic heterocycles. The summed E-state index contributed by atoms with van der Waals surface area (Å²) in [6, 6.07) is 0.700. The van der Waals surface area contributed by atoms with E-state index in [1.54, 1.807) is 0 Å². The highest BCUT2D eigenvalue weighted by molar-refractivity contribution is 6.29. The number of aromatic nitrogens is 1. The molecule has 6 nitrogen and oxygen atoms in total. The third-order valence-electron chi connectivity index (χ3n) is 1.89. The number of esters is 1. The summed E-state index contributed by atoms with van der Waals surface area (Å²) in [6.07, 6.45) is -3.11. The SMILES string of the molecule is CCOC(=O)c1c(C(F)F)cc(Cl)nc1[N+](=O)[O-]. The summed E-state index contributed by atoms with van der Waals surface area (Å²) in [4.78, 5) is 24.3. The van der Waals surface area contributed by atoms with Crippen LogP contribution in [0.4, 0.5) is 14.6 Å². The Morgan fingerprint density at radius 2 is 2.28 bits per heavy atom. The molecule has 0 fully saturated rings. The lowest BCUT2D eigenvalue weighted by molar-refractivity contribution is -0.390. The summed E-state index contributed by atoms with van der Waals surface area (Å²) in [7, 11) is 0. The zero-order valence-corrected chi connectivity index (χ0v) is 9.78. The van der Waals surface area contributed by atoms with Crippen molar-refractivity contribution in [2.24, 2.45) is 0 Å². The van der Waals surface area contributed by atoms with Crippen LogP contribution in [-0.2, 0) is 4.74 Å². The van der Waals surface area contributed by atoms with Crippen molar-refractivity contribution in [2.75, 3.05) is 6.61 Å². The molecule has 0 saturated heterocycles. The number of pyridine rings is 1. The van der Waals surface area contributed by atoms with Crippen molar-refractivity contribution in [2.45, 2.75) is 13.3 Å². The average molecular weight is 281 g/mol. The summed E-state index contributed by atoms with van der Waals surface area (Å²) in [6.45, 7) is 1.33. The van der Waals surface area contributed by atoms with Gasteiger partial charge in [-0.25, -0.2) is 13.6 Å². The van der Waals surface area contributed by atoms with Crippen molar-refractivity contribution >= 4 is 23.4 Å². The van der Waals surface area contributed by atoms with Crippen molar-refractivity contribution in [1.29, 1.82) is 0 Å². The largest absolute Gasteiger partial charge is 0.462 e. The van der Waals surface area contributed by atoms with Crippen LogP contribution in [0.1, 0.15) is 29.3 Å². The number of ether oxygens (including phenoxy) is 1. The van der Waals surface area contributed by atoms with Gasteiger partial charge in [-0.05, 0) is 28.4 Å². The molecule has 0 atom stereocenters. The Morgan fingerprint density at radius 3 is 2.72 bits per heavy atom. The van der Waals surface area contributed by atoms with E-state index in [-0.39, 0.29) is 6.61 Å². The molecule has 18 heavy (non-hydrogen) atoms. The van der Waals surface area contributed by atoms with Crippen LogP contribution >= 0.6 is 11.6 Å². The second-order valence-electron chi connectivity index (χ2n) is 3.01. The predicted molar refractivity (Wildman–Crippen MR) is 56.8 cm³/mol. The molecular weight excluding hydrogens is 274 g/mol. The first-order valence-corrected chi connectivity index (χ1v) is 5.06. The van der Waals surface area contributed by atoms with Crippen LogP contribution in [0.5, 0.6) is 0 Å². The molecule has 0 bridgehead atoms. The zero-order valence-electron chi connectivity index (χ0n) is 9.02. The summed E-state index contributed by atoms with van der Waals surface area (Å²) in [5.74, 6) is -2.28. The van der Waals surface area contributed by atoms with Crippen LogP contribution in [0, 0.1) is 10.1 Å². The monoisotopic (exact) mass is 280 g/mol. The van der Waals surface area contributed by atoms with Crippen LogP contribution in [0.15, 0.2) is 6.07 Å². The number of rotatable bonds is 4. The minimum Gasteiger partial charge on any atom is -0.462 e. The number of nitro groups is 1. The first kappa shape index (κ1) is 14.2. The maximum absolute atomic E-state index is 12.7. The maximum Gasteiger partial charge on any atom is 0.380 e. The lowest BCUT2D eigenvalue weighted by Gasteiger charge is -2.08. The minimum absolute atomic E-state index is 0.110. The zero-order chi connectivity index (χ0) is 13.9. The maximum atomic E-state index is 12.7. The number of hydrogen-bond acceptors (Lipinski definition) is 5. The highest BCUT2D eigenvalue weighted by atomic mass is 35.5. The third kappa shape index (κ3) is 2.89. The quantitative estimate of drug-likeness (QED) is 0.366. The van der Waals surface area contributed by atoms with Gasteiger partial charge < -0.3 is 14.9 Å². The van der Waals surface area contributed by atoms with Gasteiger partial charge in [0.2, 0.25) is 5.15 Å². The molecule has 1 aromatic heterocycles. The van der Waals surface area contributed by atoms with E-state index >= 15 is 0 Å². The molecule has 9 heteroatoms. The Bertz CT molecular complexity index is 496. The third-order valence-corrected chi connectivity index (χ3v) is 2.08. The lowest BCUT2D eigenvalue weighted by Crippen LogP contribution is -2.13. The Kier molecular flexibility index (Phi) is 4.49. The predicted octanol–water partition coefficient (Wildman–Crippen LogP) is 2.76. The minimum atomic E-state index is -3.11. The molecule has 0 saturated carbocycles. The summed E-state index contributed by atoms with van der Waals surface area (Å²) in [5.41, 5.74) is -1.75. The van der Waals surface area contributed by atoms with E-state index in [0.29, 0.717) is 6.07 Å². The second-order valence-corrected chi connectivity index (χ2v) is 3.40.